The number of nitrogens with zero attached hydrogens (tertiary/aromatic N) is 2. The summed E-state index contributed by atoms with van der Waals surface area (Å²) < 4.78 is 7.51. The second-order valence-electron chi connectivity index (χ2n) is 8.42. The van der Waals surface area contributed by atoms with Crippen molar-refractivity contribution in [2.75, 3.05) is 6.61 Å². The number of fused-ring (bicyclic) bond motifs is 3. The van der Waals surface area contributed by atoms with Gasteiger partial charge in [-0.3, -0.25) is 0 Å². The van der Waals surface area contributed by atoms with Crippen molar-refractivity contribution in [3.05, 3.63) is 74.9 Å². The second kappa shape index (κ2) is 8.87. The van der Waals surface area contributed by atoms with E-state index in [-0.39, 0.29) is 10.2 Å². The van der Waals surface area contributed by atoms with Crippen LogP contribution in [-0.4, -0.2) is 56.0 Å². The summed E-state index contributed by atoms with van der Waals surface area (Å²) in [5.41, 5.74) is 5.03. The lowest BCUT2D eigenvalue weighted by molar-refractivity contribution is -0.251. The predicted octanol–water partition coefficient (Wildman–Crippen LogP) is 2.95. The monoisotopic (exact) mass is 496 g/mol. The van der Waals surface area contributed by atoms with Gasteiger partial charge in [0.05, 0.1) is 17.9 Å². The molecule has 1 aromatic heterocycles. The molecule has 5 rings (SSSR count). The van der Waals surface area contributed by atoms with Crippen LogP contribution in [0.3, 0.4) is 0 Å². The molecule has 1 saturated heterocycles. The molecule has 0 radical (unpaired) electrons. The summed E-state index contributed by atoms with van der Waals surface area (Å²) in [5, 5.41) is 52.0. The second-order valence-corrected chi connectivity index (χ2v) is 9.25. The quantitative estimate of drug-likeness (QED) is 0.322. The minimum atomic E-state index is -1.58. The summed E-state index contributed by atoms with van der Waals surface area (Å²) in [5.74, 6) is 0. The lowest BCUT2D eigenvalue weighted by Gasteiger charge is -2.41. The molecule has 2 aliphatic rings. The number of rotatable bonds is 3. The molecule has 0 bridgehead atoms. The van der Waals surface area contributed by atoms with Crippen molar-refractivity contribution in [2.45, 2.75) is 37.1 Å². The molecule has 2 aromatic carbocycles. The maximum atomic E-state index is 10.9. The molecular weight excluding hydrogens is 476 g/mol. The van der Waals surface area contributed by atoms with Gasteiger partial charge in [-0.15, -0.1) is 0 Å². The highest BCUT2D eigenvalue weighted by Gasteiger charge is 2.46. The van der Waals surface area contributed by atoms with Crippen LogP contribution in [0.4, 0.5) is 0 Å². The van der Waals surface area contributed by atoms with E-state index in [0.717, 1.165) is 22.3 Å². The highest BCUT2D eigenvalue weighted by atomic mass is 35.5. The smallest absolute Gasteiger partial charge is 0.164 e. The molecule has 0 spiro atoms. The van der Waals surface area contributed by atoms with Crippen molar-refractivity contribution < 1.29 is 25.2 Å². The standard InChI is InChI=1S/C25H21ClN2O5S/c26-14-7-5-12(6-8-14)19-16-9-13-3-1-2-4-15(13)20(16)28(25(34)17(19)10-27)24-23(32)22(31)21(30)18(11-29)33-24/h1-8,18,21-24,29-32H,9,11H2/t18-,21-,22+,23-,24-/m1/s1. The van der Waals surface area contributed by atoms with Crippen LogP contribution in [0.5, 0.6) is 0 Å². The van der Waals surface area contributed by atoms with E-state index in [1.165, 1.54) is 4.57 Å². The van der Waals surface area contributed by atoms with Crippen LogP contribution in [0.1, 0.15) is 22.9 Å². The van der Waals surface area contributed by atoms with Crippen molar-refractivity contribution in [3.63, 3.8) is 0 Å². The van der Waals surface area contributed by atoms with Crippen LogP contribution in [0, 0.1) is 16.0 Å². The first-order valence-electron chi connectivity index (χ1n) is 10.7. The van der Waals surface area contributed by atoms with Gasteiger partial charge in [0, 0.05) is 22.6 Å². The van der Waals surface area contributed by atoms with Gasteiger partial charge in [0.25, 0.3) is 0 Å². The maximum Gasteiger partial charge on any atom is 0.164 e. The third-order valence-electron chi connectivity index (χ3n) is 6.52. The van der Waals surface area contributed by atoms with Crippen molar-refractivity contribution >= 4 is 23.8 Å². The van der Waals surface area contributed by atoms with Gasteiger partial charge in [0.1, 0.15) is 35.1 Å². The van der Waals surface area contributed by atoms with Gasteiger partial charge >= 0.3 is 0 Å². The van der Waals surface area contributed by atoms with E-state index in [9.17, 15) is 25.7 Å². The number of aliphatic hydroxyl groups excluding tert-OH is 4. The van der Waals surface area contributed by atoms with Gasteiger partial charge in [0.2, 0.25) is 0 Å². The zero-order chi connectivity index (χ0) is 24.1. The first kappa shape index (κ1) is 23.1. The number of aromatic nitrogens is 1. The van der Waals surface area contributed by atoms with E-state index < -0.39 is 37.3 Å². The Hall–Kier alpha value is -2.61. The molecule has 34 heavy (non-hydrogen) atoms. The van der Waals surface area contributed by atoms with Crippen LogP contribution in [0.15, 0.2) is 48.5 Å². The van der Waals surface area contributed by atoms with Gasteiger partial charge in [0.15, 0.2) is 6.23 Å². The first-order chi connectivity index (χ1) is 16.4. The molecule has 2 heterocycles. The van der Waals surface area contributed by atoms with E-state index >= 15 is 0 Å². The Bertz CT molecular complexity index is 1370. The fraction of sp³-hybridized carbons (Fsp3) is 0.280. The number of ether oxygens (including phenoxy) is 1. The van der Waals surface area contributed by atoms with E-state index in [4.69, 9.17) is 28.6 Å². The molecule has 1 aliphatic heterocycles. The van der Waals surface area contributed by atoms with Crippen LogP contribution in [0.2, 0.25) is 5.02 Å². The molecule has 0 amide bonds. The van der Waals surface area contributed by atoms with E-state index in [1.807, 2.05) is 36.4 Å². The van der Waals surface area contributed by atoms with Crippen LogP contribution < -0.4 is 0 Å². The highest BCUT2D eigenvalue weighted by molar-refractivity contribution is 7.71. The van der Waals surface area contributed by atoms with Gasteiger partial charge in [-0.1, -0.05) is 60.2 Å². The molecule has 174 valence electrons. The fourth-order valence-corrected chi connectivity index (χ4v) is 5.35. The summed E-state index contributed by atoms with van der Waals surface area (Å²) in [6, 6.07) is 17.1. The van der Waals surface area contributed by atoms with Crippen LogP contribution >= 0.6 is 23.8 Å². The third-order valence-corrected chi connectivity index (χ3v) is 7.17. The summed E-state index contributed by atoms with van der Waals surface area (Å²) in [7, 11) is 0. The number of aliphatic hydroxyl groups is 4. The molecule has 0 unspecified atom stereocenters. The maximum absolute atomic E-state index is 10.9. The van der Waals surface area contributed by atoms with Crippen molar-refractivity contribution in [1.82, 2.24) is 4.57 Å². The zero-order valence-corrected chi connectivity index (χ0v) is 19.4. The number of benzene rings is 2. The Kier molecular flexibility index (Phi) is 6.04. The molecule has 3 aromatic rings. The van der Waals surface area contributed by atoms with Gasteiger partial charge in [-0.25, -0.2) is 0 Å². The van der Waals surface area contributed by atoms with Gasteiger partial charge < -0.3 is 29.7 Å². The highest BCUT2D eigenvalue weighted by Crippen LogP contribution is 2.46. The average molecular weight is 497 g/mol. The SMILES string of the molecule is N#Cc1c(-c2ccc(Cl)cc2)c2c(n([C@@H]3O[C@H](CO)[C@@H](O)[C@H](O)[C@H]3O)c1=S)-c1ccccc1C2. The Morgan fingerprint density at radius 3 is 2.44 bits per heavy atom. The van der Waals surface area contributed by atoms with E-state index in [2.05, 4.69) is 6.07 Å². The Morgan fingerprint density at radius 2 is 1.76 bits per heavy atom. The topological polar surface area (TPSA) is 119 Å². The first-order valence-corrected chi connectivity index (χ1v) is 11.5. The molecule has 5 atom stereocenters. The molecule has 7 nitrogen and oxygen atoms in total. The number of nitriles is 1. The Balaban J connectivity index is 1.83. The zero-order valence-electron chi connectivity index (χ0n) is 17.8. The van der Waals surface area contributed by atoms with Crippen molar-refractivity contribution in [2.24, 2.45) is 0 Å². The van der Waals surface area contributed by atoms with E-state index in [1.54, 1.807) is 12.1 Å². The van der Waals surface area contributed by atoms with Crippen molar-refractivity contribution in [3.8, 4) is 28.5 Å². The molecule has 1 fully saturated rings. The number of halogens is 1. The number of pyridine rings is 1. The van der Waals surface area contributed by atoms with Crippen LogP contribution in [-0.2, 0) is 11.2 Å². The summed E-state index contributed by atoms with van der Waals surface area (Å²) in [4.78, 5) is 0. The van der Waals surface area contributed by atoms with Crippen LogP contribution in [0.25, 0.3) is 22.4 Å². The fourth-order valence-electron chi connectivity index (χ4n) is 4.88. The largest absolute Gasteiger partial charge is 0.394 e. The molecule has 4 N–H and O–H groups in total. The van der Waals surface area contributed by atoms with Crippen molar-refractivity contribution in [1.29, 1.82) is 5.26 Å². The average Bonchev–Trinajstić information content (AvgIpc) is 3.22. The predicted molar refractivity (Wildman–Crippen MR) is 128 cm³/mol. The number of hydrogen-bond acceptors (Lipinski definition) is 7. The minimum absolute atomic E-state index is 0.118. The molecule has 9 heteroatoms. The summed E-state index contributed by atoms with van der Waals surface area (Å²) in [6.45, 7) is -0.568. The summed E-state index contributed by atoms with van der Waals surface area (Å²) in [6.07, 6.45) is -6.45. The lowest BCUT2D eigenvalue weighted by atomic mass is 9.93. The van der Waals surface area contributed by atoms with Gasteiger partial charge in [-0.2, -0.15) is 5.26 Å². The number of hydrogen-bond donors (Lipinski definition) is 4. The lowest BCUT2D eigenvalue weighted by Crippen LogP contribution is -2.56. The Morgan fingerprint density at radius 1 is 1.06 bits per heavy atom. The molecule has 0 saturated carbocycles. The molecular formula is C25H21ClN2O5S. The Labute approximate surface area is 205 Å². The normalized spacial score (nSPS) is 25.5. The third kappa shape index (κ3) is 3.49. The minimum Gasteiger partial charge on any atom is -0.394 e. The van der Waals surface area contributed by atoms with E-state index in [0.29, 0.717) is 22.7 Å². The molecule has 1 aliphatic carbocycles. The van der Waals surface area contributed by atoms with Gasteiger partial charge in [-0.05, 0) is 28.8 Å². The summed E-state index contributed by atoms with van der Waals surface area (Å²) >= 11 is 11.9.